The molecule has 19 heavy (non-hydrogen) atoms. The minimum atomic E-state index is -0.169. The van der Waals surface area contributed by atoms with Gasteiger partial charge in [0.05, 0.1) is 25.5 Å². The van der Waals surface area contributed by atoms with Crippen LogP contribution in [0.1, 0.15) is 0 Å². The van der Waals surface area contributed by atoms with Crippen molar-refractivity contribution >= 4 is 17.0 Å². The Morgan fingerprint density at radius 3 is 2.58 bits per heavy atom. The Kier molecular flexibility index (Phi) is 3.92. The Morgan fingerprint density at radius 2 is 2.00 bits per heavy atom. The Morgan fingerprint density at radius 1 is 1.32 bits per heavy atom. The minimum Gasteiger partial charge on any atom is -0.467 e. The number of hydrogen-bond acceptors (Lipinski definition) is 9. The molecule has 2 heterocycles. The Balaban J connectivity index is 2.56. The van der Waals surface area contributed by atoms with Crippen molar-refractivity contribution in [2.75, 3.05) is 38.3 Å². The van der Waals surface area contributed by atoms with E-state index in [4.69, 9.17) is 14.9 Å². The molecule has 0 bridgehead atoms. The molecule has 2 aromatic heterocycles. The topological polar surface area (TPSA) is 132 Å². The fourth-order valence-corrected chi connectivity index (χ4v) is 1.63. The number of fused-ring (bicyclic) bond motifs is 1. The Labute approximate surface area is 107 Å². The molecule has 0 saturated carbocycles. The Bertz CT molecular complexity index is 553. The summed E-state index contributed by atoms with van der Waals surface area (Å²) in [6.07, 6.45) is 0. The summed E-state index contributed by atoms with van der Waals surface area (Å²) in [4.78, 5) is 9.59. The van der Waals surface area contributed by atoms with Crippen LogP contribution in [-0.4, -0.2) is 58.8 Å². The van der Waals surface area contributed by atoms with Gasteiger partial charge in [0.15, 0.2) is 5.82 Å². The number of ether oxygens (including phenoxy) is 1. The van der Waals surface area contributed by atoms with Gasteiger partial charge < -0.3 is 25.1 Å². The monoisotopic (exact) mass is 271 g/mol. The van der Waals surface area contributed by atoms with Crippen LogP contribution < -0.4 is 14.5 Å². The van der Waals surface area contributed by atoms with Crippen LogP contribution in [0.25, 0.3) is 11.2 Å². The number of aliphatic hydroxyl groups excluding tert-OH is 2. The lowest BCUT2D eigenvalue weighted by atomic mass is 10.4. The maximum Gasteiger partial charge on any atom is 0.349 e. The van der Waals surface area contributed by atoms with Crippen molar-refractivity contribution in [2.45, 2.75) is 0 Å². The van der Waals surface area contributed by atoms with Gasteiger partial charge in [-0.05, 0) is 4.90 Å². The van der Waals surface area contributed by atoms with Crippen molar-refractivity contribution in [1.29, 1.82) is 0 Å². The summed E-state index contributed by atoms with van der Waals surface area (Å²) in [7, 11) is 1.37. The third kappa shape index (κ3) is 2.48. The molecule has 2 aromatic rings. The highest BCUT2D eigenvalue weighted by Crippen LogP contribution is 2.22. The van der Waals surface area contributed by atoms with Crippen LogP contribution in [0.2, 0.25) is 0 Å². The first-order valence-electron chi connectivity index (χ1n) is 5.49. The molecule has 0 amide bonds. The van der Waals surface area contributed by atoms with Crippen molar-refractivity contribution in [2.24, 2.45) is 0 Å². The molecule has 2 N–H and O–H groups in total. The number of hydrogen-bond donors (Lipinski definition) is 2. The van der Waals surface area contributed by atoms with Crippen molar-refractivity contribution in [3.05, 3.63) is 5.21 Å². The standard InChI is InChI=1S/C9H13N5O5/c1-18-9-10-7-6(14(17)19-12-7)8(11-9)13(2-4-15)3-5-16/h15-16H,2-5H2,1H3. The van der Waals surface area contributed by atoms with E-state index in [-0.39, 0.29) is 54.2 Å². The Hall–Kier alpha value is -2.20. The normalized spacial score (nSPS) is 10.9. The van der Waals surface area contributed by atoms with Gasteiger partial charge in [-0.3, -0.25) is 4.63 Å². The molecule has 0 spiro atoms. The van der Waals surface area contributed by atoms with Gasteiger partial charge in [-0.15, -0.1) is 4.98 Å². The summed E-state index contributed by atoms with van der Waals surface area (Å²) in [6.45, 7) is 0.0257. The van der Waals surface area contributed by atoms with E-state index in [2.05, 4.69) is 19.8 Å². The minimum absolute atomic E-state index is 0.0114. The van der Waals surface area contributed by atoms with E-state index in [1.165, 1.54) is 12.0 Å². The average molecular weight is 271 g/mol. The molecule has 104 valence electrons. The first kappa shape index (κ1) is 13.2. The lowest BCUT2D eigenvalue weighted by Crippen LogP contribution is -2.34. The molecule has 2 rings (SSSR count). The molecule has 0 fully saturated rings. The highest BCUT2D eigenvalue weighted by atomic mass is 16.8. The number of rotatable bonds is 6. The number of methoxy groups -OCH3 is 1. The molecular formula is C9H13N5O5. The van der Waals surface area contributed by atoms with Crippen LogP contribution in [0.15, 0.2) is 4.63 Å². The fourth-order valence-electron chi connectivity index (χ4n) is 1.63. The molecule has 0 aromatic carbocycles. The lowest BCUT2D eigenvalue weighted by Gasteiger charge is -2.20. The zero-order valence-corrected chi connectivity index (χ0v) is 10.2. The van der Waals surface area contributed by atoms with Gasteiger partial charge in [0, 0.05) is 13.1 Å². The molecule has 10 heteroatoms. The lowest BCUT2D eigenvalue weighted by molar-refractivity contribution is -0.782. The van der Waals surface area contributed by atoms with E-state index in [0.29, 0.717) is 0 Å². The van der Waals surface area contributed by atoms with Crippen LogP contribution in [0.4, 0.5) is 5.82 Å². The van der Waals surface area contributed by atoms with Gasteiger partial charge in [-0.1, -0.05) is 0 Å². The zero-order chi connectivity index (χ0) is 13.8. The summed E-state index contributed by atoms with van der Waals surface area (Å²) in [6, 6.07) is 0.0114. The molecule has 0 aliphatic carbocycles. The van der Waals surface area contributed by atoms with Crippen LogP contribution in [-0.2, 0) is 0 Å². The SMILES string of the molecule is COc1nc(N(CCO)CCO)c2c(no[n+]2[O-])n1. The predicted molar refractivity (Wildman–Crippen MR) is 61.5 cm³/mol. The quantitative estimate of drug-likeness (QED) is 0.575. The summed E-state index contributed by atoms with van der Waals surface area (Å²) < 4.78 is 9.37. The summed E-state index contributed by atoms with van der Waals surface area (Å²) in [5.74, 6) is 0.182. The van der Waals surface area contributed by atoms with Crippen LogP contribution in [0.5, 0.6) is 6.01 Å². The van der Waals surface area contributed by atoms with Crippen molar-refractivity contribution in [3.63, 3.8) is 0 Å². The molecular weight excluding hydrogens is 258 g/mol. The largest absolute Gasteiger partial charge is 0.467 e. The van der Waals surface area contributed by atoms with Gasteiger partial charge in [-0.25, -0.2) is 0 Å². The molecule has 10 nitrogen and oxygen atoms in total. The molecule has 0 unspecified atom stereocenters. The first-order chi connectivity index (χ1) is 9.21. The van der Waals surface area contributed by atoms with Gasteiger partial charge in [0.25, 0.3) is 5.52 Å². The van der Waals surface area contributed by atoms with Gasteiger partial charge in [-0.2, -0.15) is 4.98 Å². The van der Waals surface area contributed by atoms with Gasteiger partial charge >= 0.3 is 11.7 Å². The van der Waals surface area contributed by atoms with E-state index in [1.54, 1.807) is 0 Å². The van der Waals surface area contributed by atoms with Crippen molar-refractivity contribution in [1.82, 2.24) is 15.1 Å². The summed E-state index contributed by atoms with van der Waals surface area (Å²) in [5, 5.41) is 33.1. The van der Waals surface area contributed by atoms with E-state index in [9.17, 15) is 5.21 Å². The smallest absolute Gasteiger partial charge is 0.349 e. The highest BCUT2D eigenvalue weighted by Gasteiger charge is 2.24. The van der Waals surface area contributed by atoms with E-state index >= 15 is 0 Å². The van der Waals surface area contributed by atoms with Crippen LogP contribution in [0.3, 0.4) is 0 Å². The highest BCUT2D eigenvalue weighted by molar-refractivity contribution is 5.79. The van der Waals surface area contributed by atoms with Crippen LogP contribution in [0, 0.1) is 5.21 Å². The predicted octanol–water partition coefficient (Wildman–Crippen LogP) is -1.95. The second-order valence-electron chi connectivity index (χ2n) is 3.57. The third-order valence-electron chi connectivity index (χ3n) is 2.43. The van der Waals surface area contributed by atoms with Gasteiger partial charge in [0.1, 0.15) is 0 Å². The second-order valence-corrected chi connectivity index (χ2v) is 3.57. The average Bonchev–Trinajstić information content (AvgIpc) is 2.79. The maximum atomic E-state index is 11.5. The molecule has 0 atom stereocenters. The number of anilines is 1. The van der Waals surface area contributed by atoms with Crippen molar-refractivity contribution in [3.8, 4) is 6.01 Å². The fraction of sp³-hybridized carbons (Fsp3) is 0.556. The molecule has 0 aliphatic rings. The summed E-state index contributed by atoms with van der Waals surface area (Å²) in [5.41, 5.74) is 0.0560. The van der Waals surface area contributed by atoms with E-state index in [1.807, 2.05) is 0 Å². The van der Waals surface area contributed by atoms with E-state index in [0.717, 1.165) is 0 Å². The second kappa shape index (κ2) is 5.63. The number of aromatic nitrogens is 4. The summed E-state index contributed by atoms with van der Waals surface area (Å²) >= 11 is 0. The van der Waals surface area contributed by atoms with Crippen LogP contribution >= 0.6 is 0 Å². The number of nitrogens with zero attached hydrogens (tertiary/aromatic N) is 5. The molecule has 0 saturated heterocycles. The molecule has 0 radical (unpaired) electrons. The van der Waals surface area contributed by atoms with Crippen molar-refractivity contribution < 1.29 is 24.5 Å². The maximum absolute atomic E-state index is 11.5. The van der Waals surface area contributed by atoms with Gasteiger partial charge in [0.2, 0.25) is 0 Å². The zero-order valence-electron chi connectivity index (χ0n) is 10.2. The number of aliphatic hydroxyl groups is 2. The first-order valence-corrected chi connectivity index (χ1v) is 5.49. The third-order valence-corrected chi connectivity index (χ3v) is 2.43. The molecule has 0 aliphatic heterocycles. The van der Waals surface area contributed by atoms with E-state index < -0.39 is 0 Å².